The number of hydrogen-bond acceptors (Lipinski definition) is 2. The van der Waals surface area contributed by atoms with Crippen LogP contribution in [0.25, 0.3) is 6.08 Å². The smallest absolute Gasteiger partial charge is 0.405 e. The lowest BCUT2D eigenvalue weighted by atomic mass is 10.1. The Kier molecular flexibility index (Phi) is 8.18. The average Bonchev–Trinajstić information content (AvgIpc) is 2.51. The molecule has 2 nitrogen and oxygen atoms in total. The summed E-state index contributed by atoms with van der Waals surface area (Å²) in [5, 5.41) is 0.130. The maximum Gasteiger partial charge on any atom is 0.573 e. The van der Waals surface area contributed by atoms with Gasteiger partial charge >= 0.3 is 6.36 Å². The third-order valence-electron chi connectivity index (χ3n) is 3.24. The first-order valence-electron chi connectivity index (χ1n) is 7.44. The van der Waals surface area contributed by atoms with E-state index in [1.54, 1.807) is 37.3 Å². The van der Waals surface area contributed by atoms with E-state index in [9.17, 15) is 18.0 Å². The molecule has 1 rings (SSSR count). The molecule has 140 valence electrons. The number of hydrogen-bond donors (Lipinski definition) is 0. The Balaban J connectivity index is 3.06. The molecular weight excluding hydrogens is 388 g/mol. The SMILES string of the molecule is CC(C=CC=C(C)C=Cc1c(Cl)cc(OC(F)(F)F)c(C)c1Cl)=CC=O. The highest BCUT2D eigenvalue weighted by Gasteiger charge is 2.32. The van der Waals surface area contributed by atoms with Gasteiger partial charge in [0.15, 0.2) is 0 Å². The van der Waals surface area contributed by atoms with Gasteiger partial charge in [0.1, 0.15) is 12.0 Å². The summed E-state index contributed by atoms with van der Waals surface area (Å²) in [7, 11) is 0. The van der Waals surface area contributed by atoms with E-state index in [-0.39, 0.29) is 15.6 Å². The van der Waals surface area contributed by atoms with Crippen molar-refractivity contribution in [1.82, 2.24) is 0 Å². The van der Waals surface area contributed by atoms with Crippen molar-refractivity contribution in [3.63, 3.8) is 0 Å². The average molecular weight is 405 g/mol. The zero-order valence-electron chi connectivity index (χ0n) is 14.3. The second-order valence-electron chi connectivity index (χ2n) is 5.41. The normalized spacial score (nSPS) is 13.7. The molecule has 0 bridgehead atoms. The van der Waals surface area contributed by atoms with E-state index in [0.717, 1.165) is 17.2 Å². The number of allylic oxidation sites excluding steroid dienone is 7. The van der Waals surface area contributed by atoms with Crippen molar-refractivity contribution in [2.75, 3.05) is 0 Å². The van der Waals surface area contributed by atoms with Gasteiger partial charge in [0.05, 0.1) is 10.0 Å². The molecule has 0 unspecified atom stereocenters. The summed E-state index contributed by atoms with van der Waals surface area (Å²) >= 11 is 12.2. The number of carbonyl (C=O) groups is 1. The molecule has 0 atom stereocenters. The van der Waals surface area contributed by atoms with E-state index in [1.807, 2.05) is 6.92 Å². The molecule has 0 aliphatic rings. The van der Waals surface area contributed by atoms with Crippen molar-refractivity contribution in [2.45, 2.75) is 27.1 Å². The highest BCUT2D eigenvalue weighted by molar-refractivity contribution is 6.38. The lowest BCUT2D eigenvalue weighted by molar-refractivity contribution is -0.274. The van der Waals surface area contributed by atoms with E-state index in [2.05, 4.69) is 4.74 Å². The zero-order chi connectivity index (χ0) is 19.9. The molecular formula is C19H17Cl2F3O2. The predicted molar refractivity (Wildman–Crippen MR) is 99.6 cm³/mol. The standard InChI is InChI=1S/C19H17Cl2F3O2/c1-12(5-4-6-13(2)9-10-25)7-8-15-16(20)11-17(14(3)18(15)21)26-19(22,23)24/h4-11H,1-3H3. The van der Waals surface area contributed by atoms with Gasteiger partial charge in [-0.05, 0) is 32.4 Å². The Morgan fingerprint density at radius 1 is 1.12 bits per heavy atom. The second-order valence-corrected chi connectivity index (χ2v) is 6.19. The molecule has 0 aliphatic heterocycles. The van der Waals surface area contributed by atoms with Crippen molar-refractivity contribution in [2.24, 2.45) is 0 Å². The molecule has 0 amide bonds. The Hall–Kier alpha value is -1.98. The number of halogens is 5. The molecule has 0 aromatic heterocycles. The minimum absolute atomic E-state index is 0.0456. The van der Waals surface area contributed by atoms with Gasteiger partial charge in [-0.3, -0.25) is 4.79 Å². The lowest BCUT2D eigenvalue weighted by Gasteiger charge is -2.14. The van der Waals surface area contributed by atoms with E-state index < -0.39 is 12.1 Å². The number of rotatable bonds is 6. The quantitative estimate of drug-likeness (QED) is 0.294. The molecule has 0 saturated heterocycles. The molecule has 0 fully saturated rings. The van der Waals surface area contributed by atoms with Crippen LogP contribution in [0.3, 0.4) is 0 Å². The van der Waals surface area contributed by atoms with Gasteiger partial charge < -0.3 is 4.74 Å². The van der Waals surface area contributed by atoms with Crippen LogP contribution in [0.2, 0.25) is 10.0 Å². The molecule has 0 spiro atoms. The Morgan fingerprint density at radius 2 is 1.73 bits per heavy atom. The van der Waals surface area contributed by atoms with Gasteiger partial charge in [-0.2, -0.15) is 0 Å². The first-order valence-corrected chi connectivity index (χ1v) is 8.20. The number of aldehydes is 1. The van der Waals surface area contributed by atoms with E-state index in [4.69, 9.17) is 23.2 Å². The van der Waals surface area contributed by atoms with Crippen molar-refractivity contribution in [3.8, 4) is 5.75 Å². The monoisotopic (exact) mass is 404 g/mol. The molecule has 26 heavy (non-hydrogen) atoms. The van der Waals surface area contributed by atoms with Crippen LogP contribution in [-0.2, 0) is 4.79 Å². The van der Waals surface area contributed by atoms with Crippen LogP contribution in [0.5, 0.6) is 5.75 Å². The number of benzene rings is 1. The van der Waals surface area contributed by atoms with Gasteiger partial charge in [-0.25, -0.2) is 0 Å². The van der Waals surface area contributed by atoms with E-state index in [1.165, 1.54) is 13.0 Å². The summed E-state index contributed by atoms with van der Waals surface area (Å²) < 4.78 is 41.1. The minimum atomic E-state index is -4.82. The molecule has 0 radical (unpaired) electrons. The summed E-state index contributed by atoms with van der Waals surface area (Å²) in [6.45, 7) is 5.04. The van der Waals surface area contributed by atoms with Crippen LogP contribution in [0, 0.1) is 6.92 Å². The van der Waals surface area contributed by atoms with Crippen LogP contribution in [-0.4, -0.2) is 12.6 Å². The number of carbonyl (C=O) groups excluding carboxylic acids is 1. The molecule has 0 saturated carbocycles. The minimum Gasteiger partial charge on any atom is -0.405 e. The molecule has 0 heterocycles. The Labute approximate surface area is 160 Å². The van der Waals surface area contributed by atoms with E-state index >= 15 is 0 Å². The Bertz CT molecular complexity index is 789. The van der Waals surface area contributed by atoms with Crippen molar-refractivity contribution in [1.29, 1.82) is 0 Å². The predicted octanol–water partition coefficient (Wildman–Crippen LogP) is 6.86. The van der Waals surface area contributed by atoms with Gasteiger partial charge in [-0.1, -0.05) is 59.2 Å². The number of alkyl halides is 3. The van der Waals surface area contributed by atoms with Crippen LogP contribution < -0.4 is 4.74 Å². The van der Waals surface area contributed by atoms with Crippen molar-refractivity contribution in [3.05, 3.63) is 68.8 Å². The lowest BCUT2D eigenvalue weighted by Crippen LogP contribution is -2.18. The van der Waals surface area contributed by atoms with Gasteiger partial charge in [0.25, 0.3) is 0 Å². The molecule has 1 aromatic rings. The summed E-state index contributed by atoms with van der Waals surface area (Å²) in [6.07, 6.45) is 5.98. The van der Waals surface area contributed by atoms with E-state index in [0.29, 0.717) is 11.8 Å². The summed E-state index contributed by atoms with van der Waals surface area (Å²) in [6, 6.07) is 1.09. The molecule has 1 aromatic carbocycles. The second kappa shape index (κ2) is 9.64. The fraction of sp³-hybridized carbons (Fsp3) is 0.211. The highest BCUT2D eigenvalue weighted by Crippen LogP contribution is 2.38. The molecule has 0 N–H and O–H groups in total. The highest BCUT2D eigenvalue weighted by atomic mass is 35.5. The first-order chi connectivity index (χ1) is 12.0. The van der Waals surface area contributed by atoms with Crippen LogP contribution >= 0.6 is 23.2 Å². The Morgan fingerprint density at radius 3 is 2.31 bits per heavy atom. The van der Waals surface area contributed by atoms with Gasteiger partial charge in [0.2, 0.25) is 0 Å². The fourth-order valence-corrected chi connectivity index (χ4v) is 2.45. The summed E-state index contributed by atoms with van der Waals surface area (Å²) in [4.78, 5) is 10.3. The van der Waals surface area contributed by atoms with Gasteiger partial charge in [0, 0.05) is 17.2 Å². The number of ether oxygens (including phenoxy) is 1. The third kappa shape index (κ3) is 7.10. The maximum atomic E-state index is 12.4. The van der Waals surface area contributed by atoms with Crippen molar-refractivity contribution < 1.29 is 22.7 Å². The summed E-state index contributed by atoms with van der Waals surface area (Å²) in [5.74, 6) is -0.433. The third-order valence-corrected chi connectivity index (χ3v) is 4.04. The van der Waals surface area contributed by atoms with Crippen LogP contribution in [0.1, 0.15) is 25.0 Å². The zero-order valence-corrected chi connectivity index (χ0v) is 15.8. The first kappa shape index (κ1) is 22.1. The largest absolute Gasteiger partial charge is 0.573 e. The van der Waals surface area contributed by atoms with Crippen LogP contribution in [0.15, 0.2) is 47.6 Å². The maximum absolute atomic E-state index is 12.4. The fourth-order valence-electron chi connectivity index (χ4n) is 1.88. The summed E-state index contributed by atoms with van der Waals surface area (Å²) in [5.41, 5.74) is 2.19. The molecule has 7 heteroatoms. The molecule has 0 aliphatic carbocycles. The van der Waals surface area contributed by atoms with Crippen molar-refractivity contribution >= 4 is 35.6 Å². The van der Waals surface area contributed by atoms with Gasteiger partial charge in [-0.15, -0.1) is 13.2 Å². The topological polar surface area (TPSA) is 26.3 Å². The van der Waals surface area contributed by atoms with Crippen LogP contribution in [0.4, 0.5) is 13.2 Å².